The molecule has 1 rings (SSSR count). The number of hydrogen-bond donors (Lipinski definition) is 0. The number of carbonyl (C=O) groups excluding carboxylic acids is 1. The van der Waals surface area contributed by atoms with Crippen LogP contribution in [0.5, 0.6) is 0 Å². The number of halogens is 2. The predicted octanol–water partition coefficient (Wildman–Crippen LogP) is 2.35. The Morgan fingerprint density at radius 2 is 2.31 bits per heavy atom. The molecule has 0 radical (unpaired) electrons. The molecule has 0 aliphatic heterocycles. The Balaban J connectivity index is 3.02. The van der Waals surface area contributed by atoms with Gasteiger partial charge in [0.1, 0.15) is 5.82 Å². The molecule has 0 amide bonds. The first-order valence-electron chi connectivity index (χ1n) is 3.61. The van der Waals surface area contributed by atoms with E-state index in [2.05, 4.69) is 4.74 Å². The lowest BCUT2D eigenvalue weighted by Crippen LogP contribution is -2.02. The molecule has 2 nitrogen and oxygen atoms in total. The highest BCUT2D eigenvalue weighted by atomic mass is 35.5. The first kappa shape index (κ1) is 9.99. The fourth-order valence-electron chi connectivity index (χ4n) is 0.901. The van der Waals surface area contributed by atoms with Crippen molar-refractivity contribution in [2.24, 2.45) is 0 Å². The summed E-state index contributed by atoms with van der Waals surface area (Å²) in [6.45, 7) is 0. The summed E-state index contributed by atoms with van der Waals surface area (Å²) in [5.41, 5.74) is 0.559. The van der Waals surface area contributed by atoms with Crippen molar-refractivity contribution in [1.29, 1.82) is 0 Å². The molecule has 1 aromatic carbocycles. The molecule has 0 bridgehead atoms. The minimum absolute atomic E-state index is 0.0906. The van der Waals surface area contributed by atoms with Gasteiger partial charge < -0.3 is 4.74 Å². The van der Waals surface area contributed by atoms with Gasteiger partial charge in [-0.3, -0.25) is 0 Å². The molecule has 0 heterocycles. The van der Waals surface area contributed by atoms with Crippen molar-refractivity contribution in [3.8, 4) is 0 Å². The summed E-state index contributed by atoms with van der Waals surface area (Å²) in [4.78, 5) is 10.9. The molecule has 0 saturated heterocycles. The van der Waals surface area contributed by atoms with Crippen molar-refractivity contribution >= 4 is 17.6 Å². The Hall–Kier alpha value is -1.09. The standard InChI is InChI=1S/C9H8ClFO2/c1-13-9(12)6-2-3-7(5-10)8(11)4-6/h2-4H,5H2,1H3. The van der Waals surface area contributed by atoms with E-state index in [0.29, 0.717) is 5.56 Å². The third-order valence-electron chi connectivity index (χ3n) is 1.62. The van der Waals surface area contributed by atoms with E-state index in [1.54, 1.807) is 0 Å². The molecule has 0 saturated carbocycles. The van der Waals surface area contributed by atoms with Crippen molar-refractivity contribution in [1.82, 2.24) is 0 Å². The Morgan fingerprint density at radius 3 is 2.77 bits per heavy atom. The highest BCUT2D eigenvalue weighted by Crippen LogP contribution is 2.13. The van der Waals surface area contributed by atoms with E-state index < -0.39 is 11.8 Å². The maximum absolute atomic E-state index is 13.1. The molecule has 13 heavy (non-hydrogen) atoms. The van der Waals surface area contributed by atoms with Crippen LogP contribution in [0.3, 0.4) is 0 Å². The third kappa shape index (κ3) is 2.18. The minimum Gasteiger partial charge on any atom is -0.465 e. The van der Waals surface area contributed by atoms with Crippen molar-refractivity contribution in [2.45, 2.75) is 5.88 Å². The molecule has 1 aromatic rings. The Morgan fingerprint density at radius 1 is 1.62 bits per heavy atom. The number of benzene rings is 1. The number of esters is 1. The fourth-order valence-corrected chi connectivity index (χ4v) is 1.12. The molecule has 0 aliphatic rings. The van der Waals surface area contributed by atoms with Crippen molar-refractivity contribution in [2.75, 3.05) is 7.11 Å². The van der Waals surface area contributed by atoms with E-state index >= 15 is 0 Å². The topological polar surface area (TPSA) is 26.3 Å². The number of methoxy groups -OCH3 is 1. The van der Waals surface area contributed by atoms with Crippen LogP contribution in [0.15, 0.2) is 18.2 Å². The first-order valence-corrected chi connectivity index (χ1v) is 4.15. The average Bonchev–Trinajstić information content (AvgIpc) is 2.16. The van der Waals surface area contributed by atoms with Gasteiger partial charge in [0.15, 0.2) is 0 Å². The highest BCUT2D eigenvalue weighted by Gasteiger charge is 2.08. The van der Waals surface area contributed by atoms with Crippen LogP contribution in [0.2, 0.25) is 0 Å². The molecule has 4 heteroatoms. The van der Waals surface area contributed by atoms with Crippen LogP contribution in [-0.4, -0.2) is 13.1 Å². The second-order valence-electron chi connectivity index (χ2n) is 2.43. The van der Waals surface area contributed by atoms with Crippen LogP contribution in [0.25, 0.3) is 0 Å². The van der Waals surface area contributed by atoms with E-state index in [1.165, 1.54) is 19.2 Å². The second-order valence-corrected chi connectivity index (χ2v) is 2.70. The number of hydrogen-bond acceptors (Lipinski definition) is 2. The van der Waals surface area contributed by atoms with Crippen molar-refractivity contribution in [3.05, 3.63) is 35.1 Å². The fraction of sp³-hybridized carbons (Fsp3) is 0.222. The molecule has 0 atom stereocenters. The Bertz CT molecular complexity index is 325. The van der Waals surface area contributed by atoms with Crippen LogP contribution in [0, 0.1) is 5.82 Å². The largest absolute Gasteiger partial charge is 0.465 e. The van der Waals surface area contributed by atoms with Gasteiger partial charge in [0.2, 0.25) is 0 Å². The van der Waals surface area contributed by atoms with Crippen LogP contribution in [-0.2, 0) is 10.6 Å². The van der Waals surface area contributed by atoms with Gasteiger partial charge in [0, 0.05) is 5.56 Å². The van der Waals surface area contributed by atoms with E-state index in [0.717, 1.165) is 6.07 Å². The highest BCUT2D eigenvalue weighted by molar-refractivity contribution is 6.17. The zero-order chi connectivity index (χ0) is 9.84. The number of carbonyl (C=O) groups is 1. The number of alkyl halides is 1. The summed E-state index contributed by atoms with van der Waals surface area (Å²) in [7, 11) is 1.25. The van der Waals surface area contributed by atoms with Crippen LogP contribution >= 0.6 is 11.6 Å². The van der Waals surface area contributed by atoms with Gasteiger partial charge in [0.05, 0.1) is 18.6 Å². The van der Waals surface area contributed by atoms with Crippen LogP contribution in [0.1, 0.15) is 15.9 Å². The second kappa shape index (κ2) is 4.23. The minimum atomic E-state index is -0.556. The smallest absolute Gasteiger partial charge is 0.337 e. The third-order valence-corrected chi connectivity index (χ3v) is 1.91. The maximum atomic E-state index is 13.1. The van der Waals surface area contributed by atoms with Gasteiger partial charge in [-0.2, -0.15) is 0 Å². The summed E-state index contributed by atoms with van der Waals surface area (Å²) in [6.07, 6.45) is 0. The van der Waals surface area contributed by atoms with E-state index in [9.17, 15) is 9.18 Å². The molecule has 0 unspecified atom stereocenters. The van der Waals surface area contributed by atoms with Crippen LogP contribution in [0.4, 0.5) is 4.39 Å². The number of rotatable bonds is 2. The maximum Gasteiger partial charge on any atom is 0.337 e. The molecule has 0 fully saturated rings. The summed E-state index contributed by atoms with van der Waals surface area (Å²) < 4.78 is 17.5. The monoisotopic (exact) mass is 202 g/mol. The summed E-state index contributed by atoms with van der Waals surface area (Å²) in [5.74, 6) is -0.953. The van der Waals surface area contributed by atoms with E-state index in [4.69, 9.17) is 11.6 Å². The van der Waals surface area contributed by atoms with Gasteiger partial charge in [-0.15, -0.1) is 11.6 Å². The lowest BCUT2D eigenvalue weighted by Gasteiger charge is -2.01. The molecule has 0 aliphatic carbocycles. The molecular weight excluding hydrogens is 195 g/mol. The van der Waals surface area contributed by atoms with E-state index in [-0.39, 0.29) is 11.4 Å². The van der Waals surface area contributed by atoms with Gasteiger partial charge in [0.25, 0.3) is 0 Å². The van der Waals surface area contributed by atoms with Crippen molar-refractivity contribution < 1.29 is 13.9 Å². The van der Waals surface area contributed by atoms with Crippen LogP contribution < -0.4 is 0 Å². The molecule has 0 spiro atoms. The summed E-state index contributed by atoms with van der Waals surface area (Å²) in [6, 6.07) is 4.06. The lowest BCUT2D eigenvalue weighted by molar-refractivity contribution is 0.0600. The number of ether oxygens (including phenoxy) is 1. The van der Waals surface area contributed by atoms with Crippen molar-refractivity contribution in [3.63, 3.8) is 0 Å². The summed E-state index contributed by atoms with van der Waals surface area (Å²) >= 11 is 5.44. The average molecular weight is 203 g/mol. The van der Waals surface area contributed by atoms with Gasteiger partial charge in [-0.05, 0) is 12.1 Å². The SMILES string of the molecule is COC(=O)c1ccc(CCl)c(F)c1. The lowest BCUT2D eigenvalue weighted by atomic mass is 10.1. The van der Waals surface area contributed by atoms with Gasteiger partial charge >= 0.3 is 5.97 Å². The molecule has 70 valence electrons. The molecule has 0 aromatic heterocycles. The first-order chi connectivity index (χ1) is 6.19. The predicted molar refractivity (Wildman–Crippen MR) is 47.3 cm³/mol. The Labute approximate surface area is 80.3 Å². The molecular formula is C9H8ClFO2. The quantitative estimate of drug-likeness (QED) is 0.544. The zero-order valence-corrected chi connectivity index (χ0v) is 7.77. The van der Waals surface area contributed by atoms with Gasteiger partial charge in [-0.1, -0.05) is 6.07 Å². The zero-order valence-electron chi connectivity index (χ0n) is 7.01. The Kier molecular flexibility index (Phi) is 3.25. The molecule has 0 N–H and O–H groups in total. The summed E-state index contributed by atoms with van der Waals surface area (Å²) in [5, 5.41) is 0. The van der Waals surface area contributed by atoms with E-state index in [1.807, 2.05) is 0 Å². The normalized spacial score (nSPS) is 9.77. The van der Waals surface area contributed by atoms with Gasteiger partial charge in [-0.25, -0.2) is 9.18 Å².